The van der Waals surface area contributed by atoms with Crippen molar-refractivity contribution in [2.24, 2.45) is 0 Å². The molecule has 2 aliphatic rings. The topological polar surface area (TPSA) is 109 Å². The van der Waals surface area contributed by atoms with E-state index in [4.69, 9.17) is 0 Å². The molecule has 2 rings (SSSR count). The predicted molar refractivity (Wildman–Crippen MR) is 65.9 cm³/mol. The second-order valence-electron chi connectivity index (χ2n) is 4.52. The van der Waals surface area contributed by atoms with Crippen LogP contribution in [0.25, 0.3) is 0 Å². The van der Waals surface area contributed by atoms with E-state index in [0.717, 1.165) is 0 Å². The van der Waals surface area contributed by atoms with Crippen LogP contribution >= 0.6 is 0 Å². The van der Waals surface area contributed by atoms with Crippen LogP contribution in [0.15, 0.2) is 0 Å². The summed E-state index contributed by atoms with van der Waals surface area (Å²) in [6.07, 6.45) is 0. The smallest absolute Gasteiger partial charge is 0.171 e. The lowest BCUT2D eigenvalue weighted by molar-refractivity contribution is -0.118. The number of carbonyl (C=O) groups is 1. The number of rotatable bonds is 2. The van der Waals surface area contributed by atoms with E-state index in [2.05, 4.69) is 10.6 Å². The molecule has 2 N–H and O–H groups in total. The van der Waals surface area contributed by atoms with Gasteiger partial charge in [-0.3, -0.25) is 4.79 Å². The highest BCUT2D eigenvalue weighted by Crippen LogP contribution is 2.15. The Kier molecular flexibility index (Phi) is 3.77. The lowest BCUT2D eigenvalue weighted by Crippen LogP contribution is -2.56. The summed E-state index contributed by atoms with van der Waals surface area (Å²) >= 11 is 0. The Morgan fingerprint density at radius 2 is 1.22 bits per heavy atom. The number of Topliss-reactive ketones (excluding diaryl/α,β-unsaturated/α-hetero) is 1. The zero-order valence-electron chi connectivity index (χ0n) is 9.76. The van der Waals surface area contributed by atoms with Gasteiger partial charge in [0, 0.05) is 26.2 Å². The van der Waals surface area contributed by atoms with Crippen LogP contribution in [0.1, 0.15) is 0 Å². The molecule has 0 amide bonds. The van der Waals surface area contributed by atoms with Crippen molar-refractivity contribution in [1.82, 2.24) is 10.6 Å². The Morgan fingerprint density at radius 3 is 1.56 bits per heavy atom. The van der Waals surface area contributed by atoms with Crippen molar-refractivity contribution in [2.75, 3.05) is 37.7 Å². The molecule has 18 heavy (non-hydrogen) atoms. The third-order valence-corrected chi connectivity index (χ3v) is 7.37. The van der Waals surface area contributed by atoms with Gasteiger partial charge in [-0.25, -0.2) is 16.8 Å². The van der Waals surface area contributed by atoms with Crippen molar-refractivity contribution in [2.45, 2.75) is 10.5 Å². The maximum absolute atomic E-state index is 12.1. The average molecular weight is 296 g/mol. The first-order valence-electron chi connectivity index (χ1n) is 5.73. The molecule has 2 heterocycles. The van der Waals surface area contributed by atoms with Crippen LogP contribution in [0.3, 0.4) is 0 Å². The van der Waals surface area contributed by atoms with Crippen molar-refractivity contribution in [3.63, 3.8) is 0 Å². The van der Waals surface area contributed by atoms with Crippen LogP contribution < -0.4 is 10.6 Å². The SMILES string of the molecule is O=C(C1CNCCS1(=O)=O)C1CNCCS1(=O)=O. The zero-order valence-corrected chi connectivity index (χ0v) is 11.4. The lowest BCUT2D eigenvalue weighted by atomic mass is 10.2. The van der Waals surface area contributed by atoms with Gasteiger partial charge in [0.05, 0.1) is 11.5 Å². The summed E-state index contributed by atoms with van der Waals surface area (Å²) in [4.78, 5) is 12.1. The molecule has 0 aromatic carbocycles. The minimum Gasteiger partial charge on any atom is -0.314 e. The van der Waals surface area contributed by atoms with Gasteiger partial charge in [0.1, 0.15) is 10.5 Å². The Bertz CT molecular complexity index is 491. The molecule has 0 saturated carbocycles. The molecular formula is C9H16N2O5S2. The zero-order chi connectivity index (χ0) is 13.4. The highest BCUT2D eigenvalue weighted by Gasteiger charge is 2.44. The van der Waals surface area contributed by atoms with Crippen LogP contribution in [-0.4, -0.2) is 70.8 Å². The van der Waals surface area contributed by atoms with Gasteiger partial charge in [0.15, 0.2) is 25.5 Å². The van der Waals surface area contributed by atoms with E-state index in [1.165, 1.54) is 0 Å². The molecule has 2 atom stereocenters. The van der Waals surface area contributed by atoms with Gasteiger partial charge in [-0.1, -0.05) is 0 Å². The number of carbonyl (C=O) groups excluding carboxylic acids is 1. The minimum atomic E-state index is -3.53. The Morgan fingerprint density at radius 1 is 0.833 bits per heavy atom. The maximum Gasteiger partial charge on any atom is 0.171 e. The molecule has 0 aromatic heterocycles. The maximum atomic E-state index is 12.1. The van der Waals surface area contributed by atoms with Crippen LogP contribution in [0, 0.1) is 0 Å². The minimum absolute atomic E-state index is 0.00713. The fraction of sp³-hybridized carbons (Fsp3) is 0.889. The summed E-state index contributed by atoms with van der Waals surface area (Å²) in [6.45, 7) is 0.629. The summed E-state index contributed by atoms with van der Waals surface area (Å²) in [6, 6.07) is 0. The summed E-state index contributed by atoms with van der Waals surface area (Å²) in [7, 11) is -7.05. The van der Waals surface area contributed by atoms with Crippen LogP contribution in [0.4, 0.5) is 0 Å². The molecule has 0 aliphatic carbocycles. The van der Waals surface area contributed by atoms with Gasteiger partial charge >= 0.3 is 0 Å². The average Bonchev–Trinajstić information content (AvgIpc) is 2.27. The number of sulfone groups is 2. The Balaban J connectivity index is 2.25. The summed E-state index contributed by atoms with van der Waals surface area (Å²) in [5.74, 6) is -0.942. The molecular weight excluding hydrogens is 280 g/mol. The molecule has 2 unspecified atom stereocenters. The molecule has 2 aliphatic heterocycles. The third kappa shape index (κ3) is 2.58. The lowest BCUT2D eigenvalue weighted by Gasteiger charge is -2.28. The van der Waals surface area contributed by atoms with Crippen molar-refractivity contribution < 1.29 is 21.6 Å². The fourth-order valence-corrected chi connectivity index (χ4v) is 5.49. The largest absolute Gasteiger partial charge is 0.314 e. The van der Waals surface area contributed by atoms with Crippen molar-refractivity contribution in [3.8, 4) is 0 Å². The van der Waals surface area contributed by atoms with Crippen molar-refractivity contribution in [3.05, 3.63) is 0 Å². The molecule has 2 fully saturated rings. The molecule has 0 spiro atoms. The first kappa shape index (κ1) is 13.9. The van der Waals surface area contributed by atoms with Crippen LogP contribution in [0.5, 0.6) is 0 Å². The van der Waals surface area contributed by atoms with E-state index in [1.54, 1.807) is 0 Å². The first-order chi connectivity index (χ1) is 8.34. The summed E-state index contributed by atoms with van der Waals surface area (Å²) in [5.41, 5.74) is 0. The van der Waals surface area contributed by atoms with Crippen LogP contribution in [-0.2, 0) is 24.5 Å². The van der Waals surface area contributed by atoms with Gasteiger partial charge in [-0.2, -0.15) is 0 Å². The van der Waals surface area contributed by atoms with E-state index in [0.29, 0.717) is 13.1 Å². The monoisotopic (exact) mass is 296 g/mol. The van der Waals surface area contributed by atoms with E-state index >= 15 is 0 Å². The van der Waals surface area contributed by atoms with E-state index in [1.807, 2.05) is 0 Å². The van der Waals surface area contributed by atoms with Gasteiger partial charge in [-0.05, 0) is 0 Å². The number of hydrogen-bond donors (Lipinski definition) is 2. The molecule has 9 heteroatoms. The Hall–Kier alpha value is -0.510. The van der Waals surface area contributed by atoms with E-state index in [-0.39, 0.29) is 24.6 Å². The van der Waals surface area contributed by atoms with Gasteiger partial charge in [0.25, 0.3) is 0 Å². The summed E-state index contributed by atoms with van der Waals surface area (Å²) < 4.78 is 47.2. The van der Waals surface area contributed by atoms with Crippen molar-refractivity contribution >= 4 is 25.5 Å². The molecule has 0 radical (unpaired) electrons. The number of hydrogen-bond acceptors (Lipinski definition) is 7. The van der Waals surface area contributed by atoms with Gasteiger partial charge in [0.2, 0.25) is 0 Å². The normalized spacial score (nSPS) is 34.9. The second kappa shape index (κ2) is 4.87. The molecule has 2 saturated heterocycles. The van der Waals surface area contributed by atoms with E-state index < -0.39 is 36.0 Å². The summed E-state index contributed by atoms with van der Waals surface area (Å²) in [5, 5.41) is 3.18. The number of nitrogens with one attached hydrogen (secondary N) is 2. The fourth-order valence-electron chi connectivity index (χ4n) is 2.20. The predicted octanol–water partition coefficient (Wildman–Crippen LogP) is -2.67. The third-order valence-electron chi connectivity index (χ3n) is 3.29. The number of ketones is 1. The van der Waals surface area contributed by atoms with Crippen LogP contribution in [0.2, 0.25) is 0 Å². The van der Waals surface area contributed by atoms with Gasteiger partial charge in [-0.15, -0.1) is 0 Å². The van der Waals surface area contributed by atoms with Crippen molar-refractivity contribution in [1.29, 1.82) is 0 Å². The van der Waals surface area contributed by atoms with Gasteiger partial charge < -0.3 is 10.6 Å². The standard InChI is InChI=1S/C9H16N2O5S2/c12-9(7-5-10-1-3-17(7,13)14)8-6-11-2-4-18(8,15)16/h7-8,10-11H,1-6H2. The first-order valence-corrected chi connectivity index (χ1v) is 9.16. The second-order valence-corrected chi connectivity index (χ2v) is 9.13. The highest BCUT2D eigenvalue weighted by atomic mass is 32.2. The molecule has 0 bridgehead atoms. The van der Waals surface area contributed by atoms with E-state index in [9.17, 15) is 21.6 Å². The quantitative estimate of drug-likeness (QED) is 0.572. The molecule has 104 valence electrons. The molecule has 7 nitrogen and oxygen atoms in total. The highest BCUT2D eigenvalue weighted by molar-refractivity contribution is 7.94. The Labute approximate surface area is 106 Å². The molecule has 0 aromatic rings.